The minimum absolute atomic E-state index is 0.791. The molecule has 0 bridgehead atoms. The molecule has 0 spiro atoms. The summed E-state index contributed by atoms with van der Waals surface area (Å²) in [5.41, 5.74) is 2.53. The zero-order valence-corrected chi connectivity index (χ0v) is 17.2. The van der Waals surface area contributed by atoms with E-state index in [4.69, 9.17) is 17.3 Å². The first-order chi connectivity index (χ1) is 13.7. The van der Waals surface area contributed by atoms with Gasteiger partial charge in [-0.2, -0.15) is 4.68 Å². The zero-order chi connectivity index (χ0) is 19.3. The van der Waals surface area contributed by atoms with Crippen LogP contribution in [-0.4, -0.2) is 32.4 Å². The summed E-state index contributed by atoms with van der Waals surface area (Å²) < 4.78 is 4.95. The largest absolute Gasteiger partial charge is 0.316 e. The van der Waals surface area contributed by atoms with E-state index in [1.807, 2.05) is 16.8 Å². The van der Waals surface area contributed by atoms with Gasteiger partial charge in [-0.1, -0.05) is 30.3 Å². The van der Waals surface area contributed by atoms with E-state index >= 15 is 0 Å². The van der Waals surface area contributed by atoms with E-state index in [1.165, 1.54) is 37.9 Å². The number of benzene rings is 1. The Balaban J connectivity index is 1.41. The third kappa shape index (κ3) is 4.23. The van der Waals surface area contributed by atoms with Gasteiger partial charge in [-0.05, 0) is 62.0 Å². The lowest BCUT2D eigenvalue weighted by Gasteiger charge is -2.29. The van der Waals surface area contributed by atoms with Crippen molar-refractivity contribution in [3.05, 3.63) is 65.2 Å². The number of aromatic nitrogens is 4. The molecule has 0 atom stereocenters. The molecule has 3 aromatic rings. The van der Waals surface area contributed by atoms with Gasteiger partial charge in [0.25, 0.3) is 0 Å². The Hall–Kier alpha value is -2.31. The van der Waals surface area contributed by atoms with Gasteiger partial charge < -0.3 is 9.47 Å². The average molecular weight is 395 g/mol. The summed E-state index contributed by atoms with van der Waals surface area (Å²) in [5, 5.41) is 4.86. The van der Waals surface area contributed by atoms with Crippen molar-refractivity contribution in [1.82, 2.24) is 19.3 Å². The molecule has 0 radical (unpaired) electrons. The number of piperidine rings is 1. The molecule has 1 aromatic carbocycles. The quantitative estimate of drug-likeness (QED) is 0.654. The van der Waals surface area contributed by atoms with Crippen molar-refractivity contribution in [2.75, 3.05) is 13.1 Å². The lowest BCUT2D eigenvalue weighted by molar-refractivity contribution is -0.929. The normalized spacial score (nSPS) is 19.6. The molecule has 5 nitrogen and oxygen atoms in total. The van der Waals surface area contributed by atoms with Gasteiger partial charge in [0, 0.05) is 24.5 Å². The molecule has 3 heterocycles. The van der Waals surface area contributed by atoms with Crippen LogP contribution in [0.3, 0.4) is 0 Å². The number of rotatable bonds is 6. The molecule has 2 aromatic heterocycles. The Bertz CT molecular complexity index is 940. The molecule has 1 aliphatic rings. The topological polar surface area (TPSA) is 40.1 Å². The Morgan fingerprint density at radius 3 is 2.46 bits per heavy atom. The van der Waals surface area contributed by atoms with Crippen molar-refractivity contribution in [1.29, 1.82) is 0 Å². The molecule has 28 heavy (non-hydrogen) atoms. The Morgan fingerprint density at radius 1 is 1.07 bits per heavy atom. The van der Waals surface area contributed by atoms with Crippen LogP contribution in [0.2, 0.25) is 0 Å². The SMILES string of the molecule is CCn1c(-c2ccncc2)nn(C[NH+]2CCC(Cc3ccccc3)CC2)c1=S. The maximum Gasteiger partial charge on any atom is 0.203 e. The number of nitrogens with one attached hydrogen (secondary N) is 1. The second-order valence-electron chi connectivity index (χ2n) is 7.63. The molecule has 4 rings (SSSR count). The van der Waals surface area contributed by atoms with Crippen LogP contribution in [0.1, 0.15) is 25.3 Å². The summed E-state index contributed by atoms with van der Waals surface area (Å²) in [6.07, 6.45) is 7.34. The van der Waals surface area contributed by atoms with E-state index < -0.39 is 0 Å². The predicted molar refractivity (Wildman–Crippen MR) is 114 cm³/mol. The molecule has 1 saturated heterocycles. The molecule has 0 amide bonds. The van der Waals surface area contributed by atoms with Crippen LogP contribution in [-0.2, 0) is 19.6 Å². The summed E-state index contributed by atoms with van der Waals surface area (Å²) in [6, 6.07) is 14.9. The van der Waals surface area contributed by atoms with E-state index in [-0.39, 0.29) is 0 Å². The highest BCUT2D eigenvalue weighted by Crippen LogP contribution is 2.18. The number of nitrogens with zero attached hydrogens (tertiary/aromatic N) is 4. The van der Waals surface area contributed by atoms with Gasteiger partial charge in [-0.3, -0.25) is 4.98 Å². The van der Waals surface area contributed by atoms with Crippen LogP contribution in [0.25, 0.3) is 11.4 Å². The van der Waals surface area contributed by atoms with Crippen molar-refractivity contribution in [2.24, 2.45) is 5.92 Å². The minimum Gasteiger partial charge on any atom is -0.316 e. The standard InChI is InChI=1S/C22H27N5S/c1-2-26-21(20-8-12-23-13-9-20)24-27(22(26)28)17-25-14-10-19(11-15-25)16-18-6-4-3-5-7-18/h3-9,12-13,19H,2,10-11,14-17H2,1H3/p+1. The lowest BCUT2D eigenvalue weighted by Crippen LogP contribution is -3.12. The fourth-order valence-corrected chi connectivity index (χ4v) is 4.47. The predicted octanol–water partition coefficient (Wildman–Crippen LogP) is 2.99. The molecule has 146 valence electrons. The zero-order valence-electron chi connectivity index (χ0n) is 16.4. The summed E-state index contributed by atoms with van der Waals surface area (Å²) in [4.78, 5) is 5.68. The Labute approximate surface area is 171 Å². The third-order valence-electron chi connectivity index (χ3n) is 5.73. The first-order valence-electron chi connectivity index (χ1n) is 10.2. The van der Waals surface area contributed by atoms with Gasteiger partial charge in [0.1, 0.15) is 0 Å². The van der Waals surface area contributed by atoms with Crippen molar-refractivity contribution in [3.63, 3.8) is 0 Å². The first kappa shape index (κ1) is 19.0. The Kier molecular flexibility index (Phi) is 5.98. The lowest BCUT2D eigenvalue weighted by atomic mass is 9.90. The molecule has 0 saturated carbocycles. The maximum absolute atomic E-state index is 5.72. The number of quaternary nitrogens is 1. The molecule has 1 fully saturated rings. The highest BCUT2D eigenvalue weighted by molar-refractivity contribution is 7.71. The van der Waals surface area contributed by atoms with Crippen LogP contribution < -0.4 is 4.90 Å². The van der Waals surface area contributed by atoms with Crippen molar-refractivity contribution in [3.8, 4) is 11.4 Å². The van der Waals surface area contributed by atoms with E-state index in [0.717, 1.165) is 35.3 Å². The molecule has 1 aliphatic heterocycles. The monoisotopic (exact) mass is 394 g/mol. The molecule has 0 aliphatic carbocycles. The molecule has 0 unspecified atom stereocenters. The van der Waals surface area contributed by atoms with E-state index in [2.05, 4.69) is 46.8 Å². The molecular formula is C22H28N5S+. The van der Waals surface area contributed by atoms with Crippen LogP contribution in [0.4, 0.5) is 0 Å². The van der Waals surface area contributed by atoms with Gasteiger partial charge in [-0.25, -0.2) is 0 Å². The van der Waals surface area contributed by atoms with E-state index in [1.54, 1.807) is 17.3 Å². The van der Waals surface area contributed by atoms with Crippen LogP contribution >= 0.6 is 12.2 Å². The van der Waals surface area contributed by atoms with E-state index in [0.29, 0.717) is 0 Å². The highest BCUT2D eigenvalue weighted by atomic mass is 32.1. The van der Waals surface area contributed by atoms with E-state index in [9.17, 15) is 0 Å². The smallest absolute Gasteiger partial charge is 0.203 e. The highest BCUT2D eigenvalue weighted by Gasteiger charge is 2.23. The number of likely N-dealkylation sites (tertiary alicyclic amines) is 1. The van der Waals surface area contributed by atoms with Crippen molar-refractivity contribution in [2.45, 2.75) is 39.4 Å². The second-order valence-corrected chi connectivity index (χ2v) is 7.99. The summed E-state index contributed by atoms with van der Waals surface area (Å²) in [6.45, 7) is 6.16. The van der Waals surface area contributed by atoms with Crippen LogP contribution in [0.15, 0.2) is 54.9 Å². The molecule has 1 N–H and O–H groups in total. The summed E-state index contributed by atoms with van der Waals surface area (Å²) in [5.74, 6) is 1.73. The number of pyridine rings is 1. The van der Waals surface area contributed by atoms with Gasteiger partial charge in [0.05, 0.1) is 13.1 Å². The number of hydrogen-bond acceptors (Lipinski definition) is 3. The minimum atomic E-state index is 0.791. The molecular weight excluding hydrogens is 366 g/mol. The van der Waals surface area contributed by atoms with Gasteiger partial charge >= 0.3 is 0 Å². The van der Waals surface area contributed by atoms with Crippen LogP contribution in [0.5, 0.6) is 0 Å². The fourth-order valence-electron chi connectivity index (χ4n) is 4.15. The average Bonchev–Trinajstić information content (AvgIpc) is 3.06. The van der Waals surface area contributed by atoms with Crippen molar-refractivity contribution >= 4 is 12.2 Å². The maximum atomic E-state index is 5.72. The summed E-state index contributed by atoms with van der Waals surface area (Å²) >= 11 is 5.72. The van der Waals surface area contributed by atoms with Crippen LogP contribution in [0, 0.1) is 10.7 Å². The summed E-state index contributed by atoms with van der Waals surface area (Å²) in [7, 11) is 0. The number of hydrogen-bond donors (Lipinski definition) is 1. The molecule has 6 heteroatoms. The van der Waals surface area contributed by atoms with Crippen molar-refractivity contribution < 1.29 is 4.90 Å². The third-order valence-corrected chi connectivity index (χ3v) is 6.16. The van der Waals surface area contributed by atoms with Gasteiger partial charge in [0.15, 0.2) is 12.5 Å². The van der Waals surface area contributed by atoms with Gasteiger partial charge in [-0.15, -0.1) is 5.10 Å². The van der Waals surface area contributed by atoms with Gasteiger partial charge in [0.2, 0.25) is 4.77 Å². The fraction of sp³-hybridized carbons (Fsp3) is 0.409. The second kappa shape index (κ2) is 8.80. The first-order valence-corrected chi connectivity index (χ1v) is 10.6. The Morgan fingerprint density at radius 2 is 1.79 bits per heavy atom.